The number of hydrogen-bond acceptors (Lipinski definition) is 5. The summed E-state index contributed by atoms with van der Waals surface area (Å²) in [5.74, 6) is 3.37. The zero-order valence-electron chi connectivity index (χ0n) is 35.0. The summed E-state index contributed by atoms with van der Waals surface area (Å²) in [6.07, 6.45) is 2.66. The molecule has 0 saturated carbocycles. The number of anilines is 3. The van der Waals surface area contributed by atoms with Crippen molar-refractivity contribution in [3.05, 3.63) is 166 Å². The molecular weight excluding hydrogens is 699 g/mol. The molecule has 3 aliphatic rings. The first-order valence-corrected chi connectivity index (χ1v) is 20.4. The number of pyridine rings is 1. The third-order valence-corrected chi connectivity index (χ3v) is 12.8. The fraction of sp³-hybridized carbons (Fsp3) is 0.308. The Kier molecular flexibility index (Phi) is 8.37. The lowest BCUT2D eigenvalue weighted by Crippen LogP contribution is -2.45. The van der Waals surface area contributed by atoms with E-state index < -0.39 is 11.1 Å². The molecule has 1 aliphatic carbocycles. The molecule has 3 heterocycles. The summed E-state index contributed by atoms with van der Waals surface area (Å²) in [5, 5.41) is 0. The highest BCUT2D eigenvalue weighted by atomic mass is 16.5. The molecule has 0 bridgehead atoms. The van der Waals surface area contributed by atoms with E-state index in [9.17, 15) is 0 Å². The molecule has 5 aromatic carbocycles. The van der Waals surface area contributed by atoms with E-state index in [-0.39, 0.29) is 16.7 Å². The standard InChI is InChI=1S/C52H53N3O2/c1-32(2)35-26-36(48-54-51(9)31-34-16-11-12-17-41(34)42-18-13-14-19-43(42)52(51,10)57-48)28-40(27-35)56-39-25-33(3)24-38(30-39)55-46-22-21-37(49(4,5)6)29-45(46)50(7,8)44-20-15-23-53-47(44)55/h11-30,32H,31H2,1-10H3/t51-,52+/m1/s1. The van der Waals surface area contributed by atoms with E-state index in [0.717, 1.165) is 57.4 Å². The zero-order chi connectivity index (χ0) is 40.1. The van der Waals surface area contributed by atoms with E-state index >= 15 is 0 Å². The van der Waals surface area contributed by atoms with Crippen LogP contribution in [0.15, 0.2) is 126 Å². The van der Waals surface area contributed by atoms with Crippen molar-refractivity contribution in [1.82, 2.24) is 4.98 Å². The Morgan fingerprint density at radius 2 is 1.46 bits per heavy atom. The largest absolute Gasteiger partial charge is 0.464 e. The molecule has 0 spiro atoms. The van der Waals surface area contributed by atoms with Crippen molar-refractivity contribution in [3.8, 4) is 22.6 Å². The monoisotopic (exact) mass is 751 g/mol. The molecule has 5 heteroatoms. The first kappa shape index (κ1) is 36.9. The lowest BCUT2D eigenvalue weighted by Gasteiger charge is -2.41. The van der Waals surface area contributed by atoms with Gasteiger partial charge in [0.05, 0.1) is 11.4 Å². The number of fused-ring (bicyclic) bond motifs is 7. The normalized spacial score (nSPS) is 20.3. The maximum Gasteiger partial charge on any atom is 0.217 e. The van der Waals surface area contributed by atoms with Gasteiger partial charge in [0.1, 0.15) is 22.9 Å². The fourth-order valence-electron chi connectivity index (χ4n) is 9.25. The Balaban J connectivity index is 1.12. The van der Waals surface area contributed by atoms with E-state index in [1.807, 2.05) is 6.20 Å². The van der Waals surface area contributed by atoms with E-state index in [1.165, 1.54) is 33.4 Å². The molecular formula is C52H53N3O2. The van der Waals surface area contributed by atoms with Crippen LogP contribution in [0.1, 0.15) is 113 Å². The van der Waals surface area contributed by atoms with Crippen LogP contribution in [0.2, 0.25) is 0 Å². The third-order valence-electron chi connectivity index (χ3n) is 12.8. The summed E-state index contributed by atoms with van der Waals surface area (Å²) in [4.78, 5) is 12.8. The van der Waals surface area contributed by atoms with Gasteiger partial charge in [0.2, 0.25) is 5.90 Å². The highest BCUT2D eigenvalue weighted by Gasteiger charge is 2.56. The van der Waals surface area contributed by atoms with Crippen molar-refractivity contribution >= 4 is 23.1 Å². The maximum atomic E-state index is 7.13. The number of hydrogen-bond donors (Lipinski definition) is 0. The van der Waals surface area contributed by atoms with E-state index in [4.69, 9.17) is 19.5 Å². The Morgan fingerprint density at radius 3 is 2.23 bits per heavy atom. The smallest absolute Gasteiger partial charge is 0.217 e. The Bertz CT molecular complexity index is 2610. The average molecular weight is 752 g/mol. The summed E-state index contributed by atoms with van der Waals surface area (Å²) in [5.41, 5.74) is 12.6. The molecule has 2 atom stereocenters. The van der Waals surface area contributed by atoms with E-state index in [1.54, 1.807) is 0 Å². The number of nitrogens with zero attached hydrogens (tertiary/aromatic N) is 3. The van der Waals surface area contributed by atoms with Crippen LogP contribution in [0.4, 0.5) is 17.2 Å². The number of aromatic nitrogens is 1. The van der Waals surface area contributed by atoms with Crippen molar-refractivity contribution < 1.29 is 9.47 Å². The minimum absolute atomic E-state index is 0.0244. The van der Waals surface area contributed by atoms with Gasteiger partial charge in [0, 0.05) is 40.8 Å². The van der Waals surface area contributed by atoms with Gasteiger partial charge in [-0.2, -0.15) is 0 Å². The van der Waals surface area contributed by atoms with Crippen LogP contribution in [-0.2, 0) is 27.6 Å². The number of ether oxygens (including phenoxy) is 2. The summed E-state index contributed by atoms with van der Waals surface area (Å²) >= 11 is 0. The Labute approximate surface area is 338 Å². The number of aliphatic imine (C=N–C) groups is 1. The van der Waals surface area contributed by atoms with Crippen molar-refractivity contribution in [2.45, 2.75) is 104 Å². The minimum Gasteiger partial charge on any atom is -0.464 e. The zero-order valence-corrected chi connectivity index (χ0v) is 35.0. The van der Waals surface area contributed by atoms with Crippen molar-refractivity contribution in [3.63, 3.8) is 0 Å². The lowest BCUT2D eigenvalue weighted by atomic mass is 9.72. The summed E-state index contributed by atoms with van der Waals surface area (Å²) in [7, 11) is 0. The van der Waals surface area contributed by atoms with Gasteiger partial charge in [-0.15, -0.1) is 0 Å². The van der Waals surface area contributed by atoms with Crippen LogP contribution >= 0.6 is 0 Å². The van der Waals surface area contributed by atoms with Gasteiger partial charge in [-0.25, -0.2) is 9.98 Å². The van der Waals surface area contributed by atoms with Crippen LogP contribution in [-0.4, -0.2) is 16.4 Å². The van der Waals surface area contributed by atoms with Crippen LogP contribution < -0.4 is 9.64 Å². The molecule has 0 amide bonds. The van der Waals surface area contributed by atoms with Gasteiger partial charge < -0.3 is 9.47 Å². The van der Waals surface area contributed by atoms with Gasteiger partial charge >= 0.3 is 0 Å². The minimum atomic E-state index is -0.671. The van der Waals surface area contributed by atoms with Gasteiger partial charge in [0.15, 0.2) is 5.60 Å². The van der Waals surface area contributed by atoms with E-state index in [0.29, 0.717) is 5.90 Å². The van der Waals surface area contributed by atoms with Gasteiger partial charge in [0.25, 0.3) is 0 Å². The van der Waals surface area contributed by atoms with Crippen molar-refractivity contribution in [2.24, 2.45) is 4.99 Å². The predicted octanol–water partition coefficient (Wildman–Crippen LogP) is 13.4. The van der Waals surface area contributed by atoms with Gasteiger partial charge in [-0.1, -0.05) is 115 Å². The molecule has 288 valence electrons. The molecule has 5 nitrogen and oxygen atoms in total. The Morgan fingerprint density at radius 1 is 0.737 bits per heavy atom. The second-order valence-corrected chi connectivity index (χ2v) is 18.6. The Hall–Kier alpha value is -5.68. The second kappa shape index (κ2) is 12.9. The average Bonchev–Trinajstić information content (AvgIpc) is 3.40. The number of rotatable bonds is 5. The first-order valence-electron chi connectivity index (χ1n) is 20.4. The summed E-state index contributed by atoms with van der Waals surface area (Å²) in [6, 6.07) is 41.5. The van der Waals surface area contributed by atoms with Crippen LogP contribution in [0, 0.1) is 6.92 Å². The second-order valence-electron chi connectivity index (χ2n) is 18.6. The molecule has 0 radical (unpaired) electrons. The topological polar surface area (TPSA) is 47.0 Å². The molecule has 0 unspecified atom stereocenters. The molecule has 0 saturated heterocycles. The van der Waals surface area contributed by atoms with Crippen molar-refractivity contribution in [1.29, 1.82) is 0 Å². The quantitative estimate of drug-likeness (QED) is 0.176. The van der Waals surface area contributed by atoms with Gasteiger partial charge in [-0.05, 0) is 114 Å². The predicted molar refractivity (Wildman–Crippen MR) is 234 cm³/mol. The highest BCUT2D eigenvalue weighted by molar-refractivity contribution is 5.97. The van der Waals surface area contributed by atoms with Gasteiger partial charge in [-0.3, -0.25) is 4.90 Å². The van der Waals surface area contributed by atoms with Crippen molar-refractivity contribution in [2.75, 3.05) is 4.90 Å². The highest BCUT2D eigenvalue weighted by Crippen LogP contribution is 2.54. The first-order chi connectivity index (χ1) is 27.1. The molecule has 1 aromatic heterocycles. The number of benzene rings is 5. The van der Waals surface area contributed by atoms with E-state index in [2.05, 4.69) is 189 Å². The molecule has 0 fully saturated rings. The lowest BCUT2D eigenvalue weighted by molar-refractivity contribution is 0.0320. The fourth-order valence-corrected chi connectivity index (χ4v) is 9.25. The molecule has 9 rings (SSSR count). The SMILES string of the molecule is Cc1cc(Oc2cc(C3=N[C@]4(C)Cc5ccccc5-c5ccccc5[C@]4(C)O3)cc(C(C)C)c2)cc(N2c3ccc(C(C)(C)C)cc3C(C)(C)c3cccnc32)c1. The molecule has 57 heavy (non-hydrogen) atoms. The molecule has 0 N–H and O–H groups in total. The van der Waals surface area contributed by atoms with Crippen LogP contribution in [0.3, 0.4) is 0 Å². The molecule has 2 aliphatic heterocycles. The number of aryl methyl sites for hydroxylation is 1. The summed E-state index contributed by atoms with van der Waals surface area (Å²) in [6.45, 7) is 22.5. The summed E-state index contributed by atoms with van der Waals surface area (Å²) < 4.78 is 14.0. The molecule has 6 aromatic rings. The van der Waals surface area contributed by atoms with Crippen LogP contribution in [0.25, 0.3) is 11.1 Å². The van der Waals surface area contributed by atoms with Crippen LogP contribution in [0.5, 0.6) is 11.5 Å². The maximum absolute atomic E-state index is 7.13. The third kappa shape index (κ3) is 5.97.